The Morgan fingerprint density at radius 1 is 1.28 bits per heavy atom. The predicted octanol–water partition coefficient (Wildman–Crippen LogP) is 1.65. The molecular formula is C10H12BrF2NO3S. The second-order valence-corrected chi connectivity index (χ2v) is 5.80. The molecule has 0 amide bonds. The molecular weight excluding hydrogens is 332 g/mol. The summed E-state index contributed by atoms with van der Waals surface area (Å²) < 4.78 is 56.6. The van der Waals surface area contributed by atoms with Crippen molar-refractivity contribution in [1.82, 2.24) is 4.72 Å². The van der Waals surface area contributed by atoms with Crippen molar-refractivity contribution in [2.75, 3.05) is 25.1 Å². The highest BCUT2D eigenvalue weighted by Crippen LogP contribution is 2.15. The molecule has 0 heterocycles. The molecule has 1 aromatic carbocycles. The molecule has 0 radical (unpaired) electrons. The number of benzene rings is 1. The lowest BCUT2D eigenvalue weighted by Gasteiger charge is -2.07. The van der Waals surface area contributed by atoms with Gasteiger partial charge in [-0.2, -0.15) is 0 Å². The molecule has 1 rings (SSSR count). The first kappa shape index (κ1) is 15.5. The maximum atomic E-state index is 13.3. The molecule has 1 aromatic rings. The Morgan fingerprint density at radius 3 is 2.67 bits per heavy atom. The fourth-order valence-corrected chi connectivity index (χ4v) is 2.49. The fourth-order valence-electron chi connectivity index (χ4n) is 1.17. The first-order valence-corrected chi connectivity index (χ1v) is 7.66. The van der Waals surface area contributed by atoms with Crippen LogP contribution in [0, 0.1) is 11.6 Å². The number of alkyl halides is 1. The van der Waals surface area contributed by atoms with E-state index in [1.165, 1.54) is 0 Å². The number of ether oxygens (including phenoxy) is 1. The summed E-state index contributed by atoms with van der Waals surface area (Å²) in [5.41, 5.74) is 0. The van der Waals surface area contributed by atoms with Crippen LogP contribution in [0.25, 0.3) is 0 Å². The van der Waals surface area contributed by atoms with Gasteiger partial charge in [0.15, 0.2) is 0 Å². The van der Waals surface area contributed by atoms with Crippen LogP contribution in [0.2, 0.25) is 0 Å². The normalized spacial score (nSPS) is 11.7. The highest BCUT2D eigenvalue weighted by Gasteiger charge is 2.19. The van der Waals surface area contributed by atoms with Crippen molar-refractivity contribution in [3.63, 3.8) is 0 Å². The summed E-state index contributed by atoms with van der Waals surface area (Å²) in [6.07, 6.45) is 0. The van der Waals surface area contributed by atoms with Gasteiger partial charge >= 0.3 is 0 Å². The number of rotatable bonds is 7. The molecule has 0 spiro atoms. The van der Waals surface area contributed by atoms with Crippen molar-refractivity contribution in [2.45, 2.75) is 4.90 Å². The van der Waals surface area contributed by atoms with Gasteiger partial charge in [-0.25, -0.2) is 21.9 Å². The molecule has 0 atom stereocenters. The Bertz CT molecular complexity index is 496. The molecule has 0 aromatic heterocycles. The van der Waals surface area contributed by atoms with E-state index in [4.69, 9.17) is 4.74 Å². The standard InChI is InChI=1S/C10H12BrF2NO3S/c11-3-5-17-6-4-14-18(15,16)10-7-8(12)1-2-9(10)13/h1-2,7,14H,3-6H2. The van der Waals surface area contributed by atoms with Gasteiger partial charge in [-0.05, 0) is 18.2 Å². The largest absolute Gasteiger partial charge is 0.379 e. The van der Waals surface area contributed by atoms with E-state index in [9.17, 15) is 17.2 Å². The monoisotopic (exact) mass is 343 g/mol. The third kappa shape index (κ3) is 4.60. The Balaban J connectivity index is 2.66. The molecule has 8 heteroatoms. The zero-order valence-corrected chi connectivity index (χ0v) is 11.7. The van der Waals surface area contributed by atoms with Crippen molar-refractivity contribution in [2.24, 2.45) is 0 Å². The highest BCUT2D eigenvalue weighted by atomic mass is 79.9. The Hall–Kier alpha value is -0.570. The minimum Gasteiger partial charge on any atom is -0.379 e. The SMILES string of the molecule is O=S(=O)(NCCOCCBr)c1cc(F)ccc1F. The van der Waals surface area contributed by atoms with Crippen LogP contribution in [0.1, 0.15) is 0 Å². The predicted molar refractivity (Wildman–Crippen MR) is 66.2 cm³/mol. The molecule has 102 valence electrons. The van der Waals surface area contributed by atoms with Gasteiger partial charge in [0.1, 0.15) is 16.5 Å². The van der Waals surface area contributed by atoms with Crippen molar-refractivity contribution in [3.05, 3.63) is 29.8 Å². The average molecular weight is 344 g/mol. The Morgan fingerprint density at radius 2 is 2.00 bits per heavy atom. The van der Waals surface area contributed by atoms with Gasteiger partial charge in [0.2, 0.25) is 10.0 Å². The van der Waals surface area contributed by atoms with E-state index in [0.717, 1.165) is 12.1 Å². The van der Waals surface area contributed by atoms with Crippen LogP contribution < -0.4 is 4.72 Å². The molecule has 0 fully saturated rings. The molecule has 0 aliphatic rings. The van der Waals surface area contributed by atoms with E-state index < -0.39 is 26.6 Å². The maximum absolute atomic E-state index is 13.3. The Kier molecular flexibility index (Phi) is 6.13. The van der Waals surface area contributed by atoms with Crippen LogP contribution >= 0.6 is 15.9 Å². The first-order valence-electron chi connectivity index (χ1n) is 5.06. The maximum Gasteiger partial charge on any atom is 0.243 e. The zero-order valence-electron chi connectivity index (χ0n) is 9.33. The third-order valence-corrected chi connectivity index (χ3v) is 3.74. The van der Waals surface area contributed by atoms with Crippen LogP contribution in [0.5, 0.6) is 0 Å². The van der Waals surface area contributed by atoms with Crippen molar-refractivity contribution in [3.8, 4) is 0 Å². The smallest absolute Gasteiger partial charge is 0.243 e. The topological polar surface area (TPSA) is 55.4 Å². The molecule has 0 saturated carbocycles. The van der Waals surface area contributed by atoms with Gasteiger partial charge in [0.25, 0.3) is 0 Å². The van der Waals surface area contributed by atoms with Gasteiger partial charge in [0, 0.05) is 11.9 Å². The molecule has 18 heavy (non-hydrogen) atoms. The summed E-state index contributed by atoms with van der Waals surface area (Å²) in [6.45, 7) is 0.586. The summed E-state index contributed by atoms with van der Waals surface area (Å²) in [5.74, 6) is -1.81. The summed E-state index contributed by atoms with van der Waals surface area (Å²) in [4.78, 5) is -0.706. The molecule has 0 aliphatic heterocycles. The van der Waals surface area contributed by atoms with Gasteiger partial charge in [0.05, 0.1) is 13.2 Å². The van der Waals surface area contributed by atoms with E-state index in [1.807, 2.05) is 0 Å². The third-order valence-electron chi connectivity index (χ3n) is 1.94. The average Bonchev–Trinajstić information content (AvgIpc) is 2.32. The number of hydrogen-bond donors (Lipinski definition) is 1. The van der Waals surface area contributed by atoms with Gasteiger partial charge in [-0.3, -0.25) is 0 Å². The molecule has 0 bridgehead atoms. The van der Waals surface area contributed by atoms with Crippen LogP contribution in [-0.2, 0) is 14.8 Å². The van der Waals surface area contributed by atoms with Gasteiger partial charge < -0.3 is 4.74 Å². The zero-order chi connectivity index (χ0) is 13.6. The summed E-state index contributed by atoms with van der Waals surface area (Å²) >= 11 is 3.14. The van der Waals surface area contributed by atoms with Crippen molar-refractivity contribution >= 4 is 26.0 Å². The van der Waals surface area contributed by atoms with E-state index in [0.29, 0.717) is 18.0 Å². The fraction of sp³-hybridized carbons (Fsp3) is 0.400. The molecule has 0 unspecified atom stereocenters. The lowest BCUT2D eigenvalue weighted by Crippen LogP contribution is -2.28. The summed E-state index contributed by atoms with van der Waals surface area (Å²) in [6, 6.07) is 2.26. The number of halogens is 3. The van der Waals surface area contributed by atoms with E-state index in [-0.39, 0.29) is 13.2 Å². The van der Waals surface area contributed by atoms with Crippen molar-refractivity contribution in [1.29, 1.82) is 0 Å². The lowest BCUT2D eigenvalue weighted by molar-refractivity contribution is 0.156. The summed E-state index contributed by atoms with van der Waals surface area (Å²) in [7, 11) is -4.06. The second-order valence-electron chi connectivity index (χ2n) is 3.27. The summed E-state index contributed by atoms with van der Waals surface area (Å²) in [5, 5.41) is 0.637. The van der Waals surface area contributed by atoms with Crippen molar-refractivity contribution < 1.29 is 21.9 Å². The Labute approximate surface area is 113 Å². The quantitative estimate of drug-likeness (QED) is 0.605. The highest BCUT2D eigenvalue weighted by molar-refractivity contribution is 9.09. The van der Waals surface area contributed by atoms with E-state index >= 15 is 0 Å². The minimum atomic E-state index is -4.06. The molecule has 1 N–H and O–H groups in total. The number of hydrogen-bond acceptors (Lipinski definition) is 3. The number of nitrogens with one attached hydrogen (secondary N) is 1. The first-order chi connectivity index (χ1) is 8.47. The van der Waals surface area contributed by atoms with E-state index in [1.54, 1.807) is 0 Å². The molecule has 0 aliphatic carbocycles. The van der Waals surface area contributed by atoms with E-state index in [2.05, 4.69) is 20.7 Å². The van der Waals surface area contributed by atoms with Crippen LogP contribution in [0.4, 0.5) is 8.78 Å². The lowest BCUT2D eigenvalue weighted by atomic mass is 10.3. The second kappa shape index (κ2) is 7.13. The minimum absolute atomic E-state index is 0.00864. The number of sulfonamides is 1. The molecule has 4 nitrogen and oxygen atoms in total. The van der Waals surface area contributed by atoms with Gasteiger partial charge in [-0.15, -0.1) is 0 Å². The van der Waals surface area contributed by atoms with Gasteiger partial charge in [-0.1, -0.05) is 15.9 Å². The molecule has 0 saturated heterocycles. The van der Waals surface area contributed by atoms with Crippen LogP contribution in [0.15, 0.2) is 23.1 Å². The van der Waals surface area contributed by atoms with Crippen LogP contribution in [-0.4, -0.2) is 33.5 Å². The van der Waals surface area contributed by atoms with Crippen LogP contribution in [0.3, 0.4) is 0 Å².